The molecule has 2 atom stereocenters. The minimum absolute atomic E-state index is 0.177. The molecule has 0 spiro atoms. The summed E-state index contributed by atoms with van der Waals surface area (Å²) < 4.78 is 5.57. The van der Waals surface area contributed by atoms with Gasteiger partial charge in [0.2, 0.25) is 5.91 Å². The van der Waals surface area contributed by atoms with E-state index in [9.17, 15) is 9.59 Å². The minimum Gasteiger partial charge on any atom is -0.444 e. The van der Waals surface area contributed by atoms with Gasteiger partial charge in [-0.2, -0.15) is 0 Å². The highest BCUT2D eigenvalue weighted by Gasteiger charge is 2.45. The van der Waals surface area contributed by atoms with E-state index < -0.39 is 5.60 Å². The van der Waals surface area contributed by atoms with Gasteiger partial charge in [0.15, 0.2) is 0 Å². The smallest absolute Gasteiger partial charge is 0.410 e. The van der Waals surface area contributed by atoms with Crippen molar-refractivity contribution >= 4 is 12.0 Å². The van der Waals surface area contributed by atoms with Crippen LogP contribution < -0.4 is 5.32 Å². The summed E-state index contributed by atoms with van der Waals surface area (Å²) in [5.41, 5.74) is -0.450. The Kier molecular flexibility index (Phi) is 5.07. The van der Waals surface area contributed by atoms with E-state index in [0.717, 1.165) is 38.5 Å². The molecule has 2 saturated heterocycles. The van der Waals surface area contributed by atoms with Gasteiger partial charge in [0, 0.05) is 24.5 Å². The standard InChI is InChI=1S/C19H32N2O3/c1-19(2,3)24-18(23)21-15-8-9-16(21)11-13(10-15)12-17(22)20-14-6-4-5-7-14/h13-16H,4-12H2,1-3H3,(H,20,22). The zero-order valence-corrected chi connectivity index (χ0v) is 15.3. The molecule has 5 heteroatoms. The Morgan fingerprint density at radius 1 is 1.04 bits per heavy atom. The molecular weight excluding hydrogens is 304 g/mol. The molecule has 0 aromatic heterocycles. The van der Waals surface area contributed by atoms with E-state index >= 15 is 0 Å². The van der Waals surface area contributed by atoms with Gasteiger partial charge in [-0.25, -0.2) is 4.79 Å². The van der Waals surface area contributed by atoms with Crippen LogP contribution in [0.25, 0.3) is 0 Å². The second kappa shape index (κ2) is 6.93. The van der Waals surface area contributed by atoms with Crippen LogP contribution in [-0.2, 0) is 9.53 Å². The Hall–Kier alpha value is -1.26. The van der Waals surface area contributed by atoms with Gasteiger partial charge in [0.25, 0.3) is 0 Å². The Morgan fingerprint density at radius 2 is 1.62 bits per heavy atom. The maximum absolute atomic E-state index is 12.5. The van der Waals surface area contributed by atoms with Crippen LogP contribution in [0.15, 0.2) is 0 Å². The molecule has 2 bridgehead atoms. The first kappa shape index (κ1) is 17.6. The molecule has 1 aliphatic carbocycles. The second-order valence-electron chi connectivity index (χ2n) is 8.86. The highest BCUT2D eigenvalue weighted by molar-refractivity contribution is 5.76. The largest absolute Gasteiger partial charge is 0.444 e. The van der Waals surface area contributed by atoms with E-state index in [0.29, 0.717) is 18.4 Å². The monoisotopic (exact) mass is 336 g/mol. The zero-order valence-electron chi connectivity index (χ0n) is 15.3. The molecule has 0 radical (unpaired) electrons. The summed E-state index contributed by atoms with van der Waals surface area (Å²) in [6, 6.07) is 0.904. The van der Waals surface area contributed by atoms with Crippen molar-refractivity contribution in [3.8, 4) is 0 Å². The van der Waals surface area contributed by atoms with Gasteiger partial charge in [0.1, 0.15) is 5.60 Å². The molecule has 5 nitrogen and oxygen atoms in total. The first-order valence-corrected chi connectivity index (χ1v) is 9.62. The number of fused-ring (bicyclic) bond motifs is 2. The van der Waals surface area contributed by atoms with Crippen molar-refractivity contribution in [1.29, 1.82) is 0 Å². The van der Waals surface area contributed by atoms with E-state index in [1.165, 1.54) is 12.8 Å². The predicted molar refractivity (Wildman–Crippen MR) is 92.6 cm³/mol. The number of carbonyl (C=O) groups is 2. The fourth-order valence-corrected chi connectivity index (χ4v) is 4.69. The van der Waals surface area contributed by atoms with Crippen molar-refractivity contribution in [3.63, 3.8) is 0 Å². The first-order valence-electron chi connectivity index (χ1n) is 9.62. The van der Waals surface area contributed by atoms with E-state index in [-0.39, 0.29) is 24.1 Å². The number of rotatable bonds is 3. The quantitative estimate of drug-likeness (QED) is 0.856. The van der Waals surface area contributed by atoms with Gasteiger partial charge < -0.3 is 15.0 Å². The lowest BCUT2D eigenvalue weighted by atomic mass is 9.88. The van der Waals surface area contributed by atoms with Crippen LogP contribution in [0.3, 0.4) is 0 Å². The molecule has 1 saturated carbocycles. The highest BCUT2D eigenvalue weighted by Crippen LogP contribution is 2.40. The number of hydrogen-bond donors (Lipinski definition) is 1. The number of carbonyl (C=O) groups excluding carboxylic acids is 2. The number of nitrogens with one attached hydrogen (secondary N) is 1. The lowest BCUT2D eigenvalue weighted by molar-refractivity contribution is -0.123. The van der Waals surface area contributed by atoms with Crippen molar-refractivity contribution in [2.24, 2.45) is 5.92 Å². The summed E-state index contributed by atoms with van der Waals surface area (Å²) in [4.78, 5) is 26.7. The van der Waals surface area contributed by atoms with E-state index in [1.54, 1.807) is 0 Å². The van der Waals surface area contributed by atoms with Crippen LogP contribution in [0.1, 0.15) is 78.6 Å². The number of hydrogen-bond acceptors (Lipinski definition) is 3. The SMILES string of the molecule is CC(C)(C)OC(=O)N1C2CCC1CC(CC(=O)NC1CCCC1)C2. The predicted octanol–water partition coefficient (Wildman–Crippen LogP) is 3.61. The topological polar surface area (TPSA) is 58.6 Å². The van der Waals surface area contributed by atoms with Crippen molar-refractivity contribution in [3.05, 3.63) is 0 Å². The Morgan fingerprint density at radius 3 is 2.17 bits per heavy atom. The third-order valence-corrected chi connectivity index (χ3v) is 5.63. The fourth-order valence-electron chi connectivity index (χ4n) is 4.69. The Bertz CT molecular complexity index is 465. The number of ether oxygens (including phenoxy) is 1. The van der Waals surface area contributed by atoms with Gasteiger partial charge in [-0.05, 0) is 65.2 Å². The number of piperidine rings is 1. The summed E-state index contributed by atoms with van der Waals surface area (Å²) in [6.45, 7) is 5.73. The molecule has 0 aromatic carbocycles. The molecule has 2 amide bonds. The average Bonchev–Trinajstić information content (AvgIpc) is 3.03. The first-order chi connectivity index (χ1) is 11.3. The van der Waals surface area contributed by atoms with Gasteiger partial charge in [-0.15, -0.1) is 0 Å². The molecular formula is C19H32N2O3. The van der Waals surface area contributed by atoms with Gasteiger partial charge in [-0.1, -0.05) is 12.8 Å². The van der Waals surface area contributed by atoms with E-state index in [2.05, 4.69) is 5.32 Å². The van der Waals surface area contributed by atoms with E-state index in [4.69, 9.17) is 4.74 Å². The lowest BCUT2D eigenvalue weighted by Gasteiger charge is -2.39. The molecule has 2 unspecified atom stereocenters. The summed E-state index contributed by atoms with van der Waals surface area (Å²) in [5.74, 6) is 0.611. The summed E-state index contributed by atoms with van der Waals surface area (Å²) in [5, 5.41) is 3.20. The normalized spacial score (nSPS) is 30.5. The molecule has 3 fully saturated rings. The van der Waals surface area contributed by atoms with Crippen LogP contribution in [0.4, 0.5) is 4.79 Å². The van der Waals surface area contributed by atoms with Gasteiger partial charge >= 0.3 is 6.09 Å². The highest BCUT2D eigenvalue weighted by atomic mass is 16.6. The van der Waals surface area contributed by atoms with Crippen molar-refractivity contribution < 1.29 is 14.3 Å². The number of amides is 2. The van der Waals surface area contributed by atoms with Crippen LogP contribution in [0.2, 0.25) is 0 Å². The van der Waals surface area contributed by atoms with Crippen molar-refractivity contribution in [1.82, 2.24) is 10.2 Å². The lowest BCUT2D eigenvalue weighted by Crippen LogP contribution is -2.49. The molecule has 3 aliphatic rings. The molecule has 2 heterocycles. The van der Waals surface area contributed by atoms with Gasteiger partial charge in [-0.3, -0.25) is 4.79 Å². The summed E-state index contributed by atoms with van der Waals surface area (Å²) >= 11 is 0. The third-order valence-electron chi connectivity index (χ3n) is 5.63. The van der Waals surface area contributed by atoms with Crippen LogP contribution in [0, 0.1) is 5.92 Å². The van der Waals surface area contributed by atoms with Crippen molar-refractivity contribution in [2.75, 3.05) is 0 Å². The maximum Gasteiger partial charge on any atom is 0.410 e. The van der Waals surface area contributed by atoms with Gasteiger partial charge in [0.05, 0.1) is 0 Å². The average molecular weight is 336 g/mol. The molecule has 1 N–H and O–H groups in total. The molecule has 2 aliphatic heterocycles. The van der Waals surface area contributed by atoms with Crippen molar-refractivity contribution in [2.45, 2.75) is 102 Å². The van der Waals surface area contributed by atoms with Crippen LogP contribution in [-0.4, -0.2) is 40.6 Å². The van der Waals surface area contributed by atoms with E-state index in [1.807, 2.05) is 25.7 Å². The summed E-state index contributed by atoms with van der Waals surface area (Å²) in [6.07, 6.45) is 9.15. The maximum atomic E-state index is 12.5. The molecule has 3 rings (SSSR count). The Balaban J connectivity index is 1.51. The molecule has 24 heavy (non-hydrogen) atoms. The number of nitrogens with zero attached hydrogens (tertiary/aromatic N) is 1. The molecule has 136 valence electrons. The zero-order chi connectivity index (χ0) is 17.3. The fraction of sp³-hybridized carbons (Fsp3) is 0.895. The summed E-state index contributed by atoms with van der Waals surface area (Å²) in [7, 11) is 0. The second-order valence-corrected chi connectivity index (χ2v) is 8.86. The Labute approximate surface area is 145 Å². The molecule has 0 aromatic rings. The minimum atomic E-state index is -0.450. The van der Waals surface area contributed by atoms with Crippen LogP contribution in [0.5, 0.6) is 0 Å². The van der Waals surface area contributed by atoms with Crippen LogP contribution >= 0.6 is 0 Å². The third kappa shape index (κ3) is 4.22.